The predicted molar refractivity (Wildman–Crippen MR) is 153 cm³/mol. The first-order chi connectivity index (χ1) is 19.3. The average molecular weight is 540 g/mol. The fourth-order valence-electron chi connectivity index (χ4n) is 5.56. The Hall–Kier alpha value is -4.27. The first-order valence-electron chi connectivity index (χ1n) is 13.5. The number of aliphatic hydroxyl groups is 2. The molecule has 0 radical (unpaired) electrons. The molecule has 3 atom stereocenters. The molecule has 0 bridgehead atoms. The van der Waals surface area contributed by atoms with Gasteiger partial charge in [0.05, 0.1) is 18.3 Å². The molecule has 3 aromatic rings. The molecule has 0 spiro atoms. The van der Waals surface area contributed by atoms with E-state index in [0.717, 1.165) is 12.8 Å². The summed E-state index contributed by atoms with van der Waals surface area (Å²) >= 11 is 0. The number of carbonyl (C=O) groups excluding carboxylic acids is 3. The highest BCUT2D eigenvalue weighted by Crippen LogP contribution is 2.49. The molecule has 0 aliphatic carbocycles. The second-order valence-electron chi connectivity index (χ2n) is 10.3. The van der Waals surface area contributed by atoms with Gasteiger partial charge in [-0.2, -0.15) is 0 Å². The molecular weight excluding hydrogens is 506 g/mol. The van der Waals surface area contributed by atoms with E-state index in [9.17, 15) is 24.6 Å². The van der Waals surface area contributed by atoms with Crippen LogP contribution in [0.2, 0.25) is 0 Å². The van der Waals surface area contributed by atoms with Gasteiger partial charge < -0.3 is 20.4 Å². The first-order valence-corrected chi connectivity index (χ1v) is 13.5. The number of anilines is 3. The fourth-order valence-corrected chi connectivity index (χ4v) is 5.56. The highest BCUT2D eigenvalue weighted by molar-refractivity contribution is 6.13. The maximum Gasteiger partial charge on any atom is 0.268 e. The number of hydrogen-bond acceptors (Lipinski definition) is 5. The van der Waals surface area contributed by atoms with Crippen LogP contribution < -0.4 is 10.2 Å². The minimum Gasteiger partial charge on any atom is -0.394 e. The third kappa shape index (κ3) is 5.03. The van der Waals surface area contributed by atoms with Crippen LogP contribution >= 0.6 is 0 Å². The maximum absolute atomic E-state index is 13.9. The maximum atomic E-state index is 13.9. The van der Waals surface area contributed by atoms with Crippen molar-refractivity contribution in [2.75, 3.05) is 23.4 Å². The number of likely N-dealkylation sites (tertiary alicyclic amines) is 1. The molecule has 2 aliphatic rings. The van der Waals surface area contributed by atoms with Crippen LogP contribution in [0.5, 0.6) is 0 Å². The smallest absolute Gasteiger partial charge is 0.268 e. The zero-order valence-corrected chi connectivity index (χ0v) is 22.4. The number of para-hydroxylation sites is 1. The number of rotatable bonds is 8. The molecule has 2 heterocycles. The molecule has 206 valence electrons. The van der Waals surface area contributed by atoms with Crippen LogP contribution in [0.3, 0.4) is 0 Å². The van der Waals surface area contributed by atoms with Gasteiger partial charge in [0.1, 0.15) is 0 Å². The van der Waals surface area contributed by atoms with E-state index in [1.54, 1.807) is 78.6 Å². The number of nitrogens with zero attached hydrogens (tertiary/aromatic N) is 2. The molecule has 1 saturated heterocycles. The van der Waals surface area contributed by atoms with Crippen LogP contribution in [0.1, 0.15) is 42.1 Å². The summed E-state index contributed by atoms with van der Waals surface area (Å²) in [6.45, 7) is 2.29. The van der Waals surface area contributed by atoms with Gasteiger partial charge in [0.25, 0.3) is 11.8 Å². The van der Waals surface area contributed by atoms with Gasteiger partial charge in [-0.05, 0) is 55.3 Å². The minimum atomic E-state index is -1.93. The molecule has 40 heavy (non-hydrogen) atoms. The van der Waals surface area contributed by atoms with Crippen LogP contribution in [-0.2, 0) is 15.2 Å². The van der Waals surface area contributed by atoms with Crippen molar-refractivity contribution in [1.82, 2.24) is 4.90 Å². The second-order valence-corrected chi connectivity index (χ2v) is 10.3. The van der Waals surface area contributed by atoms with Gasteiger partial charge in [-0.25, -0.2) is 0 Å². The van der Waals surface area contributed by atoms with Crippen LogP contribution in [0.25, 0.3) is 0 Å². The van der Waals surface area contributed by atoms with Crippen molar-refractivity contribution in [1.29, 1.82) is 0 Å². The molecule has 5 rings (SSSR count). The fraction of sp³-hybridized carbons (Fsp3) is 0.281. The topological polar surface area (TPSA) is 110 Å². The number of carbonyl (C=O) groups is 3. The summed E-state index contributed by atoms with van der Waals surface area (Å²) in [4.78, 5) is 42.7. The van der Waals surface area contributed by atoms with Gasteiger partial charge in [-0.1, -0.05) is 55.5 Å². The number of aliphatic hydroxyl groups excluding tert-OH is 1. The molecule has 8 nitrogen and oxygen atoms in total. The third-order valence-electron chi connectivity index (χ3n) is 7.77. The Morgan fingerprint density at radius 3 is 2.48 bits per heavy atom. The Labute approximate surface area is 233 Å². The largest absolute Gasteiger partial charge is 0.394 e. The van der Waals surface area contributed by atoms with E-state index < -0.39 is 17.4 Å². The van der Waals surface area contributed by atoms with E-state index in [2.05, 4.69) is 5.32 Å². The molecule has 0 aromatic heterocycles. The first kappa shape index (κ1) is 27.3. The van der Waals surface area contributed by atoms with Crippen molar-refractivity contribution in [3.8, 4) is 0 Å². The molecule has 3 aromatic carbocycles. The Morgan fingerprint density at radius 1 is 1.07 bits per heavy atom. The molecular formula is C32H33N3O5. The number of nitrogens with one attached hydrogen (secondary N) is 1. The van der Waals surface area contributed by atoms with E-state index in [4.69, 9.17) is 0 Å². The van der Waals surface area contributed by atoms with Crippen LogP contribution in [0.15, 0.2) is 91.0 Å². The van der Waals surface area contributed by atoms with Gasteiger partial charge in [-0.3, -0.25) is 19.3 Å². The van der Waals surface area contributed by atoms with E-state index in [0.29, 0.717) is 34.7 Å². The van der Waals surface area contributed by atoms with Crippen molar-refractivity contribution in [3.63, 3.8) is 0 Å². The summed E-state index contributed by atoms with van der Waals surface area (Å²) in [7, 11) is 0. The van der Waals surface area contributed by atoms with Gasteiger partial charge in [-0.15, -0.1) is 0 Å². The molecule has 0 saturated carbocycles. The van der Waals surface area contributed by atoms with Gasteiger partial charge in [0.2, 0.25) is 5.91 Å². The molecule has 0 unspecified atom stereocenters. The zero-order chi connectivity index (χ0) is 28.3. The summed E-state index contributed by atoms with van der Waals surface area (Å²) in [6.07, 6.45) is 5.12. The normalized spacial score (nSPS) is 21.1. The number of fused-ring (bicyclic) bond motifs is 1. The third-order valence-corrected chi connectivity index (χ3v) is 7.77. The number of hydrogen-bond donors (Lipinski definition) is 3. The van der Waals surface area contributed by atoms with Gasteiger partial charge in [0.15, 0.2) is 5.60 Å². The zero-order valence-electron chi connectivity index (χ0n) is 22.4. The van der Waals surface area contributed by atoms with Crippen molar-refractivity contribution in [2.45, 2.75) is 37.8 Å². The van der Waals surface area contributed by atoms with E-state index in [1.807, 2.05) is 24.3 Å². The highest BCUT2D eigenvalue weighted by Gasteiger charge is 2.53. The van der Waals surface area contributed by atoms with Gasteiger partial charge in [0, 0.05) is 41.4 Å². The van der Waals surface area contributed by atoms with E-state index >= 15 is 0 Å². The van der Waals surface area contributed by atoms with Crippen LogP contribution in [0, 0.1) is 5.92 Å². The summed E-state index contributed by atoms with van der Waals surface area (Å²) in [5.74, 6) is -1.60. The molecule has 8 heteroatoms. The minimum absolute atomic E-state index is 0.0602. The van der Waals surface area contributed by atoms with Crippen molar-refractivity contribution >= 4 is 34.8 Å². The quantitative estimate of drug-likeness (QED) is 0.368. The van der Waals surface area contributed by atoms with Crippen LogP contribution in [0.4, 0.5) is 17.1 Å². The number of amides is 3. The van der Waals surface area contributed by atoms with Crippen molar-refractivity contribution in [3.05, 3.63) is 102 Å². The molecule has 3 amide bonds. The van der Waals surface area contributed by atoms with Crippen molar-refractivity contribution < 1.29 is 24.6 Å². The van der Waals surface area contributed by atoms with Crippen LogP contribution in [-0.4, -0.2) is 52.0 Å². The van der Waals surface area contributed by atoms with Gasteiger partial charge >= 0.3 is 0 Å². The SMILES string of the molecule is C[C@H](/C=C/CC(=O)N1CCC[C@H]1CO)[C@@]1(O)C(=O)N(c2ccccc2)c2ccc(NC(=O)c3ccccc3)cc21. The summed E-state index contributed by atoms with van der Waals surface area (Å²) < 4.78 is 0. The summed E-state index contributed by atoms with van der Waals surface area (Å²) in [5, 5.41) is 24.5. The monoisotopic (exact) mass is 539 g/mol. The Morgan fingerprint density at radius 2 is 1.77 bits per heavy atom. The lowest BCUT2D eigenvalue weighted by atomic mass is 9.82. The standard InChI is InChI=1S/C32H33N3O5/c1-22(10-8-16-29(37)34-19-9-15-26(34)21-36)32(40)27-20-24(33-30(38)23-11-4-2-5-12-23)17-18-28(27)35(31(32)39)25-13-6-3-7-14-25/h2-8,10-14,17-18,20,22,26,36,40H,9,15-16,19,21H2,1H3,(H,33,38)/b10-8+/t22-,26+,32+/m1/s1. The molecule has 3 N–H and O–H groups in total. The molecule has 2 aliphatic heterocycles. The Kier molecular flexibility index (Phi) is 7.82. The van der Waals surface area contributed by atoms with E-state index in [-0.39, 0.29) is 30.9 Å². The predicted octanol–water partition coefficient (Wildman–Crippen LogP) is 4.37. The second kappa shape index (κ2) is 11.5. The summed E-state index contributed by atoms with van der Waals surface area (Å²) in [5.41, 5.74) is 0.513. The lowest BCUT2D eigenvalue weighted by Crippen LogP contribution is -2.42. The van der Waals surface area contributed by atoms with E-state index in [1.165, 1.54) is 4.90 Å². The van der Waals surface area contributed by atoms with Crippen molar-refractivity contribution in [2.24, 2.45) is 5.92 Å². The summed E-state index contributed by atoms with van der Waals surface area (Å²) in [6, 6.07) is 22.8. The molecule has 1 fully saturated rings. The highest BCUT2D eigenvalue weighted by atomic mass is 16.3. The number of benzene rings is 3. The lowest BCUT2D eigenvalue weighted by molar-refractivity contribution is -0.138. The lowest BCUT2D eigenvalue weighted by Gasteiger charge is -2.28. The Bertz CT molecular complexity index is 1420. The average Bonchev–Trinajstić information content (AvgIpc) is 3.55. The Balaban J connectivity index is 1.44.